The molecule has 1 aliphatic heterocycles. The first-order valence-corrected chi connectivity index (χ1v) is 5.69. The van der Waals surface area contributed by atoms with Gasteiger partial charge in [-0.25, -0.2) is 4.98 Å². The number of hydrogen-bond acceptors (Lipinski definition) is 5. The SMILES string of the molecule is CNc1ncc(Cl)c(N2CCN(C)C(=O)C2)n1. The fraction of sp³-hybridized carbons (Fsp3) is 0.500. The van der Waals surface area contributed by atoms with Crippen molar-refractivity contribution in [1.82, 2.24) is 14.9 Å². The Labute approximate surface area is 105 Å². The largest absolute Gasteiger partial charge is 0.357 e. The monoisotopic (exact) mass is 255 g/mol. The van der Waals surface area contributed by atoms with Crippen LogP contribution < -0.4 is 10.2 Å². The van der Waals surface area contributed by atoms with Crippen LogP contribution >= 0.6 is 11.6 Å². The number of carbonyl (C=O) groups is 1. The van der Waals surface area contributed by atoms with Gasteiger partial charge >= 0.3 is 0 Å². The van der Waals surface area contributed by atoms with Crippen LogP contribution in [0.3, 0.4) is 0 Å². The van der Waals surface area contributed by atoms with Crippen molar-refractivity contribution in [1.29, 1.82) is 0 Å². The van der Waals surface area contributed by atoms with E-state index in [1.165, 1.54) is 0 Å². The molecule has 0 aliphatic carbocycles. The standard InChI is InChI=1S/C10H14ClN5O/c1-12-10-13-5-7(11)9(14-10)16-4-3-15(2)8(17)6-16/h5H,3-4,6H2,1-2H3,(H,12,13,14). The van der Waals surface area contributed by atoms with Crippen LogP contribution in [0.4, 0.5) is 11.8 Å². The number of rotatable bonds is 2. The van der Waals surface area contributed by atoms with Gasteiger partial charge in [-0.1, -0.05) is 11.6 Å². The molecule has 0 saturated carbocycles. The summed E-state index contributed by atoms with van der Waals surface area (Å²) < 4.78 is 0. The van der Waals surface area contributed by atoms with Gasteiger partial charge in [0.05, 0.1) is 12.7 Å². The lowest BCUT2D eigenvalue weighted by molar-refractivity contribution is -0.129. The normalized spacial score (nSPS) is 16.3. The number of hydrogen-bond donors (Lipinski definition) is 1. The lowest BCUT2D eigenvalue weighted by Gasteiger charge is -2.33. The van der Waals surface area contributed by atoms with Crippen molar-refractivity contribution in [3.8, 4) is 0 Å². The minimum atomic E-state index is 0.0666. The van der Waals surface area contributed by atoms with E-state index in [4.69, 9.17) is 11.6 Å². The highest BCUT2D eigenvalue weighted by molar-refractivity contribution is 6.32. The number of halogens is 1. The maximum Gasteiger partial charge on any atom is 0.241 e. The third-order valence-electron chi connectivity index (χ3n) is 2.71. The number of nitrogens with one attached hydrogen (secondary N) is 1. The first kappa shape index (κ1) is 11.9. The van der Waals surface area contributed by atoms with Crippen molar-refractivity contribution in [2.75, 3.05) is 43.9 Å². The molecule has 1 aromatic rings. The first-order valence-electron chi connectivity index (χ1n) is 5.31. The molecule has 1 aliphatic rings. The van der Waals surface area contributed by atoms with E-state index in [1.54, 1.807) is 25.2 Å². The van der Waals surface area contributed by atoms with Crippen LogP contribution in [0.2, 0.25) is 5.02 Å². The number of carbonyl (C=O) groups excluding carboxylic acids is 1. The molecular formula is C10H14ClN5O. The van der Waals surface area contributed by atoms with Gasteiger partial charge in [-0.05, 0) is 0 Å². The van der Waals surface area contributed by atoms with Crippen molar-refractivity contribution >= 4 is 29.3 Å². The van der Waals surface area contributed by atoms with Crippen molar-refractivity contribution in [3.63, 3.8) is 0 Å². The molecule has 1 aromatic heterocycles. The summed E-state index contributed by atoms with van der Waals surface area (Å²) in [6, 6.07) is 0. The van der Waals surface area contributed by atoms with Crippen LogP contribution in [0, 0.1) is 0 Å². The van der Waals surface area contributed by atoms with Gasteiger partial charge in [0.1, 0.15) is 5.02 Å². The average molecular weight is 256 g/mol. The maximum absolute atomic E-state index is 11.6. The van der Waals surface area contributed by atoms with Crippen molar-refractivity contribution < 1.29 is 4.79 Å². The van der Waals surface area contributed by atoms with E-state index < -0.39 is 0 Å². The van der Waals surface area contributed by atoms with Crippen LogP contribution in [-0.2, 0) is 4.79 Å². The van der Waals surface area contributed by atoms with E-state index in [-0.39, 0.29) is 5.91 Å². The Morgan fingerprint density at radius 2 is 2.24 bits per heavy atom. The summed E-state index contributed by atoms with van der Waals surface area (Å²) in [6.07, 6.45) is 1.54. The fourth-order valence-corrected chi connectivity index (χ4v) is 1.85. The van der Waals surface area contributed by atoms with Gasteiger partial charge in [0.2, 0.25) is 11.9 Å². The second kappa shape index (κ2) is 4.75. The molecule has 7 heteroatoms. The number of nitrogens with zero attached hydrogens (tertiary/aromatic N) is 4. The molecule has 0 radical (unpaired) electrons. The number of piperazine rings is 1. The second-order valence-electron chi connectivity index (χ2n) is 3.85. The highest BCUT2D eigenvalue weighted by Gasteiger charge is 2.23. The second-order valence-corrected chi connectivity index (χ2v) is 4.26. The molecule has 1 saturated heterocycles. The number of anilines is 2. The van der Waals surface area contributed by atoms with Crippen molar-refractivity contribution in [2.45, 2.75) is 0 Å². The highest BCUT2D eigenvalue weighted by atomic mass is 35.5. The minimum Gasteiger partial charge on any atom is -0.357 e. The molecule has 0 spiro atoms. The van der Waals surface area contributed by atoms with Gasteiger partial charge in [0, 0.05) is 27.2 Å². The molecule has 0 aromatic carbocycles. The van der Waals surface area contributed by atoms with Gasteiger partial charge < -0.3 is 15.1 Å². The Kier molecular flexibility index (Phi) is 3.33. The van der Waals surface area contributed by atoms with E-state index in [2.05, 4.69) is 15.3 Å². The summed E-state index contributed by atoms with van der Waals surface area (Å²) in [5.41, 5.74) is 0. The van der Waals surface area contributed by atoms with E-state index in [0.717, 1.165) is 6.54 Å². The highest BCUT2D eigenvalue weighted by Crippen LogP contribution is 2.24. The predicted octanol–water partition coefficient (Wildman–Crippen LogP) is 0.450. The van der Waals surface area contributed by atoms with E-state index in [1.807, 2.05) is 4.90 Å². The summed E-state index contributed by atoms with van der Waals surface area (Å²) >= 11 is 6.05. The predicted molar refractivity (Wildman–Crippen MR) is 66.4 cm³/mol. The van der Waals surface area contributed by atoms with Crippen LogP contribution in [0.5, 0.6) is 0 Å². The van der Waals surface area contributed by atoms with Gasteiger partial charge in [-0.2, -0.15) is 4.98 Å². The molecule has 1 fully saturated rings. The Morgan fingerprint density at radius 1 is 1.47 bits per heavy atom. The van der Waals surface area contributed by atoms with Gasteiger partial charge in [-0.3, -0.25) is 4.79 Å². The molecule has 1 N–H and O–H groups in total. The average Bonchev–Trinajstić information content (AvgIpc) is 2.33. The number of likely N-dealkylation sites (N-methyl/N-ethyl adjacent to an activating group) is 1. The third-order valence-corrected chi connectivity index (χ3v) is 2.97. The summed E-state index contributed by atoms with van der Waals surface area (Å²) in [5, 5.41) is 3.31. The quantitative estimate of drug-likeness (QED) is 0.832. The Hall–Kier alpha value is -1.56. The van der Waals surface area contributed by atoms with E-state index in [0.29, 0.717) is 29.9 Å². The van der Waals surface area contributed by atoms with Crippen LogP contribution in [-0.4, -0.2) is 54.5 Å². The van der Waals surface area contributed by atoms with E-state index in [9.17, 15) is 4.79 Å². The summed E-state index contributed by atoms with van der Waals surface area (Å²) in [5.74, 6) is 1.17. The van der Waals surface area contributed by atoms with Gasteiger partial charge in [-0.15, -0.1) is 0 Å². The zero-order chi connectivity index (χ0) is 12.4. The Balaban J connectivity index is 2.24. The summed E-state index contributed by atoms with van der Waals surface area (Å²) in [6.45, 7) is 1.70. The van der Waals surface area contributed by atoms with Crippen LogP contribution in [0.1, 0.15) is 0 Å². The van der Waals surface area contributed by atoms with Crippen LogP contribution in [0.15, 0.2) is 6.20 Å². The zero-order valence-electron chi connectivity index (χ0n) is 9.77. The minimum absolute atomic E-state index is 0.0666. The van der Waals surface area contributed by atoms with Gasteiger partial charge in [0.25, 0.3) is 0 Å². The fourth-order valence-electron chi connectivity index (χ4n) is 1.64. The zero-order valence-corrected chi connectivity index (χ0v) is 10.5. The topological polar surface area (TPSA) is 61.4 Å². The molecule has 0 unspecified atom stereocenters. The summed E-state index contributed by atoms with van der Waals surface area (Å²) in [7, 11) is 3.53. The molecule has 92 valence electrons. The Bertz CT molecular complexity index is 439. The summed E-state index contributed by atoms with van der Waals surface area (Å²) in [4.78, 5) is 23.5. The molecule has 2 heterocycles. The first-order chi connectivity index (χ1) is 8.11. The van der Waals surface area contributed by atoms with Gasteiger partial charge in [0.15, 0.2) is 5.82 Å². The number of amides is 1. The molecule has 1 amide bonds. The molecule has 2 rings (SSSR count). The lowest BCUT2D eigenvalue weighted by Crippen LogP contribution is -2.49. The third kappa shape index (κ3) is 2.41. The lowest BCUT2D eigenvalue weighted by atomic mass is 10.3. The van der Waals surface area contributed by atoms with Crippen molar-refractivity contribution in [2.24, 2.45) is 0 Å². The van der Waals surface area contributed by atoms with E-state index >= 15 is 0 Å². The molecule has 6 nitrogen and oxygen atoms in total. The maximum atomic E-state index is 11.6. The van der Waals surface area contributed by atoms with Crippen molar-refractivity contribution in [3.05, 3.63) is 11.2 Å². The molecule has 17 heavy (non-hydrogen) atoms. The Morgan fingerprint density at radius 3 is 2.88 bits per heavy atom. The molecule has 0 bridgehead atoms. The molecular weight excluding hydrogens is 242 g/mol. The number of aromatic nitrogens is 2. The van der Waals surface area contributed by atoms with Crippen LogP contribution in [0.25, 0.3) is 0 Å². The molecule has 0 atom stereocenters. The smallest absolute Gasteiger partial charge is 0.241 e.